The van der Waals surface area contributed by atoms with Crippen LogP contribution in [0, 0.1) is 6.92 Å². The number of amides is 2. The lowest BCUT2D eigenvalue weighted by Gasteiger charge is -2.36. The van der Waals surface area contributed by atoms with Gasteiger partial charge in [0, 0.05) is 44.1 Å². The second-order valence-corrected chi connectivity index (χ2v) is 6.11. The van der Waals surface area contributed by atoms with Crippen molar-refractivity contribution in [2.24, 2.45) is 0 Å². The lowest BCUT2D eigenvalue weighted by atomic mass is 9.99. The first-order chi connectivity index (χ1) is 12.1. The normalized spacial score (nSPS) is 17.2. The number of carbonyl (C=O) groups excluding carboxylic acids is 2. The fourth-order valence-corrected chi connectivity index (χ4v) is 3.04. The van der Waals surface area contributed by atoms with E-state index in [2.05, 4.69) is 15.6 Å². The van der Waals surface area contributed by atoms with Crippen molar-refractivity contribution < 1.29 is 9.59 Å². The Bertz CT molecular complexity index is 773. The van der Waals surface area contributed by atoms with E-state index in [1.807, 2.05) is 42.2 Å². The smallest absolute Gasteiger partial charge is 0.256 e. The van der Waals surface area contributed by atoms with E-state index in [0.29, 0.717) is 24.2 Å². The van der Waals surface area contributed by atoms with Gasteiger partial charge in [0.15, 0.2) is 0 Å². The standard InChI is InChI=1S/C19H22N4O2/c1-13-6-7-16(11-22-13)19(25)23-9-8-21-12-17(23)14-4-3-5-15(10-14)18(24)20-2/h3-7,10-11,17,21H,8-9,12H2,1-2H3,(H,20,24). The minimum atomic E-state index is -0.133. The molecule has 2 heterocycles. The number of benzene rings is 1. The minimum absolute atomic E-state index is 0.0376. The Kier molecular flexibility index (Phi) is 5.09. The van der Waals surface area contributed by atoms with Crippen LogP contribution in [0.15, 0.2) is 42.6 Å². The van der Waals surface area contributed by atoms with Crippen molar-refractivity contribution in [2.75, 3.05) is 26.7 Å². The van der Waals surface area contributed by atoms with Crippen LogP contribution in [0.1, 0.15) is 38.0 Å². The van der Waals surface area contributed by atoms with E-state index in [0.717, 1.165) is 17.8 Å². The zero-order valence-corrected chi connectivity index (χ0v) is 14.5. The predicted molar refractivity (Wildman–Crippen MR) is 95.5 cm³/mol. The number of nitrogens with zero attached hydrogens (tertiary/aromatic N) is 2. The molecule has 1 saturated heterocycles. The maximum Gasteiger partial charge on any atom is 0.256 e. The summed E-state index contributed by atoms with van der Waals surface area (Å²) < 4.78 is 0. The van der Waals surface area contributed by atoms with Crippen LogP contribution in [0.4, 0.5) is 0 Å². The molecule has 6 heteroatoms. The maximum atomic E-state index is 12.9. The summed E-state index contributed by atoms with van der Waals surface area (Å²) in [6, 6.07) is 11.0. The molecule has 1 aliphatic rings. The molecule has 0 radical (unpaired) electrons. The minimum Gasteiger partial charge on any atom is -0.355 e. The first-order valence-corrected chi connectivity index (χ1v) is 8.36. The highest BCUT2D eigenvalue weighted by Gasteiger charge is 2.29. The third-order valence-electron chi connectivity index (χ3n) is 4.42. The number of rotatable bonds is 3. The highest BCUT2D eigenvalue weighted by Crippen LogP contribution is 2.25. The Morgan fingerprint density at radius 1 is 1.24 bits per heavy atom. The summed E-state index contributed by atoms with van der Waals surface area (Å²) in [5, 5.41) is 5.96. The molecule has 1 aromatic carbocycles. The summed E-state index contributed by atoms with van der Waals surface area (Å²) in [7, 11) is 1.61. The van der Waals surface area contributed by atoms with Gasteiger partial charge in [-0.15, -0.1) is 0 Å². The molecule has 1 unspecified atom stereocenters. The molecule has 0 spiro atoms. The first-order valence-electron chi connectivity index (χ1n) is 8.36. The van der Waals surface area contributed by atoms with Crippen molar-refractivity contribution in [1.29, 1.82) is 0 Å². The molecule has 0 saturated carbocycles. The fraction of sp³-hybridized carbons (Fsp3) is 0.316. The summed E-state index contributed by atoms with van der Waals surface area (Å²) in [6.45, 7) is 3.91. The molecule has 6 nitrogen and oxygen atoms in total. The van der Waals surface area contributed by atoms with Crippen LogP contribution in [-0.2, 0) is 0 Å². The second-order valence-electron chi connectivity index (χ2n) is 6.11. The largest absolute Gasteiger partial charge is 0.355 e. The number of piperazine rings is 1. The SMILES string of the molecule is CNC(=O)c1cccc(C2CNCCN2C(=O)c2ccc(C)nc2)c1. The molecule has 3 rings (SSSR count). The Balaban J connectivity index is 1.89. The molecular weight excluding hydrogens is 316 g/mol. The van der Waals surface area contributed by atoms with E-state index in [-0.39, 0.29) is 17.9 Å². The Morgan fingerprint density at radius 2 is 2.08 bits per heavy atom. The van der Waals surface area contributed by atoms with Gasteiger partial charge in [-0.2, -0.15) is 0 Å². The van der Waals surface area contributed by atoms with Crippen LogP contribution in [0.25, 0.3) is 0 Å². The molecule has 2 aromatic rings. The first kappa shape index (κ1) is 17.1. The molecule has 2 amide bonds. The van der Waals surface area contributed by atoms with Gasteiger partial charge in [0.2, 0.25) is 0 Å². The topological polar surface area (TPSA) is 74.3 Å². The zero-order chi connectivity index (χ0) is 17.8. The summed E-state index contributed by atoms with van der Waals surface area (Å²) >= 11 is 0. The average molecular weight is 338 g/mol. The van der Waals surface area contributed by atoms with Crippen LogP contribution in [0.5, 0.6) is 0 Å². The van der Waals surface area contributed by atoms with Crippen LogP contribution in [0.3, 0.4) is 0 Å². The molecule has 0 aliphatic carbocycles. The van der Waals surface area contributed by atoms with E-state index in [9.17, 15) is 9.59 Å². The van der Waals surface area contributed by atoms with E-state index in [1.165, 1.54) is 0 Å². The Labute approximate surface area is 147 Å². The van der Waals surface area contributed by atoms with Gasteiger partial charge in [0.25, 0.3) is 11.8 Å². The zero-order valence-electron chi connectivity index (χ0n) is 14.5. The number of carbonyl (C=O) groups is 2. The molecule has 25 heavy (non-hydrogen) atoms. The van der Waals surface area contributed by atoms with Gasteiger partial charge >= 0.3 is 0 Å². The van der Waals surface area contributed by atoms with Crippen LogP contribution in [0.2, 0.25) is 0 Å². The van der Waals surface area contributed by atoms with Crippen molar-refractivity contribution in [3.8, 4) is 0 Å². The lowest BCUT2D eigenvalue weighted by Crippen LogP contribution is -2.48. The van der Waals surface area contributed by atoms with Crippen LogP contribution >= 0.6 is 0 Å². The number of aromatic nitrogens is 1. The number of pyridine rings is 1. The highest BCUT2D eigenvalue weighted by atomic mass is 16.2. The summed E-state index contributed by atoms with van der Waals surface area (Å²) in [6.07, 6.45) is 1.62. The maximum absolute atomic E-state index is 12.9. The molecule has 0 bridgehead atoms. The van der Waals surface area contributed by atoms with E-state index >= 15 is 0 Å². The van der Waals surface area contributed by atoms with Crippen molar-refractivity contribution in [1.82, 2.24) is 20.5 Å². The van der Waals surface area contributed by atoms with Gasteiger partial charge in [0.1, 0.15) is 0 Å². The van der Waals surface area contributed by atoms with Gasteiger partial charge in [0.05, 0.1) is 11.6 Å². The molecule has 1 fully saturated rings. The van der Waals surface area contributed by atoms with E-state index < -0.39 is 0 Å². The third-order valence-corrected chi connectivity index (χ3v) is 4.42. The quantitative estimate of drug-likeness (QED) is 0.890. The third kappa shape index (κ3) is 3.69. The van der Waals surface area contributed by atoms with Gasteiger partial charge in [-0.25, -0.2) is 0 Å². The van der Waals surface area contributed by atoms with Crippen LogP contribution in [-0.4, -0.2) is 48.4 Å². The Hall–Kier alpha value is -2.73. The number of hydrogen-bond acceptors (Lipinski definition) is 4. The molecule has 1 aromatic heterocycles. The van der Waals surface area contributed by atoms with Crippen molar-refractivity contribution in [3.63, 3.8) is 0 Å². The van der Waals surface area contributed by atoms with Crippen molar-refractivity contribution in [2.45, 2.75) is 13.0 Å². The summed E-state index contributed by atoms with van der Waals surface area (Å²) in [4.78, 5) is 30.9. The molecule has 1 aliphatic heterocycles. The number of nitrogens with one attached hydrogen (secondary N) is 2. The average Bonchev–Trinajstić information content (AvgIpc) is 2.67. The molecule has 1 atom stereocenters. The fourth-order valence-electron chi connectivity index (χ4n) is 3.04. The monoisotopic (exact) mass is 338 g/mol. The Morgan fingerprint density at radius 3 is 2.80 bits per heavy atom. The van der Waals surface area contributed by atoms with Crippen molar-refractivity contribution >= 4 is 11.8 Å². The highest BCUT2D eigenvalue weighted by molar-refractivity contribution is 5.95. The van der Waals surface area contributed by atoms with Crippen LogP contribution < -0.4 is 10.6 Å². The molecule has 130 valence electrons. The van der Waals surface area contributed by atoms with E-state index in [1.54, 1.807) is 19.3 Å². The summed E-state index contributed by atoms with van der Waals surface area (Å²) in [5.74, 6) is -0.171. The lowest BCUT2D eigenvalue weighted by molar-refractivity contribution is 0.0634. The van der Waals surface area contributed by atoms with Gasteiger partial charge in [-0.3, -0.25) is 14.6 Å². The number of aryl methyl sites for hydroxylation is 1. The van der Waals surface area contributed by atoms with Gasteiger partial charge < -0.3 is 15.5 Å². The number of hydrogen-bond donors (Lipinski definition) is 2. The van der Waals surface area contributed by atoms with Crippen molar-refractivity contribution in [3.05, 3.63) is 65.0 Å². The van der Waals surface area contributed by atoms with Gasteiger partial charge in [-0.1, -0.05) is 12.1 Å². The van der Waals surface area contributed by atoms with Gasteiger partial charge in [-0.05, 0) is 36.8 Å². The summed E-state index contributed by atoms with van der Waals surface area (Å²) in [5.41, 5.74) is 3.00. The van der Waals surface area contributed by atoms with E-state index in [4.69, 9.17) is 0 Å². The second kappa shape index (κ2) is 7.44. The predicted octanol–water partition coefficient (Wildman–Crippen LogP) is 1.54. The molecular formula is C19H22N4O2. The molecule has 2 N–H and O–H groups in total.